The van der Waals surface area contributed by atoms with Gasteiger partial charge in [0.05, 0.1) is 12.2 Å². The number of alkyl halides is 2. The first kappa shape index (κ1) is 21.3. The molecule has 164 valence electrons. The smallest absolute Gasteiger partial charge is 0.228 e. The van der Waals surface area contributed by atoms with Crippen molar-refractivity contribution in [2.45, 2.75) is 22.9 Å². The molecule has 4 nitrogen and oxygen atoms in total. The quantitative estimate of drug-likeness (QED) is 0.346. The van der Waals surface area contributed by atoms with Crippen LogP contribution in [0.2, 0.25) is 0 Å². The first-order valence-electron chi connectivity index (χ1n) is 10.7. The number of carbonyl (C=O) groups excluding carboxylic acids is 1. The van der Waals surface area contributed by atoms with Crippen molar-refractivity contribution in [2.75, 3.05) is 23.3 Å². The van der Waals surface area contributed by atoms with Crippen molar-refractivity contribution < 1.29 is 13.6 Å². The second kappa shape index (κ2) is 8.42. The third-order valence-electron chi connectivity index (χ3n) is 6.23. The molecule has 1 fully saturated rings. The lowest BCUT2D eigenvalue weighted by molar-refractivity contribution is -0.119. The lowest BCUT2D eigenvalue weighted by Gasteiger charge is -2.24. The monoisotopic (exact) mass is 545 g/mol. The summed E-state index contributed by atoms with van der Waals surface area (Å²) in [5.41, 5.74) is 3.72. The number of hydrogen-bond donors (Lipinski definition) is 1. The SMILES string of the molecule is O=C(Nc1c(-c2ccccc2F)ccnc1N1CCC(F)(I)C1)C1Cc2ccccc2C1. The van der Waals surface area contributed by atoms with Crippen molar-refractivity contribution in [1.82, 2.24) is 4.98 Å². The predicted molar refractivity (Wildman–Crippen MR) is 130 cm³/mol. The Hall–Kier alpha value is -2.55. The van der Waals surface area contributed by atoms with Crippen molar-refractivity contribution in [3.8, 4) is 11.1 Å². The van der Waals surface area contributed by atoms with Crippen LogP contribution in [-0.2, 0) is 17.6 Å². The third kappa shape index (κ3) is 4.10. The van der Waals surface area contributed by atoms with E-state index in [1.54, 1.807) is 30.5 Å². The van der Waals surface area contributed by atoms with E-state index in [-0.39, 0.29) is 24.2 Å². The maximum Gasteiger partial charge on any atom is 0.228 e. The number of benzene rings is 2. The second-order valence-electron chi connectivity index (χ2n) is 8.43. The molecule has 0 spiro atoms. The molecular weight excluding hydrogens is 523 g/mol. The molecule has 1 aliphatic heterocycles. The number of fused-ring (bicyclic) bond motifs is 1. The van der Waals surface area contributed by atoms with Crippen LogP contribution in [0.3, 0.4) is 0 Å². The van der Waals surface area contributed by atoms with E-state index < -0.39 is 3.68 Å². The highest BCUT2D eigenvalue weighted by molar-refractivity contribution is 14.1. The largest absolute Gasteiger partial charge is 0.351 e. The van der Waals surface area contributed by atoms with E-state index >= 15 is 0 Å². The molecule has 1 atom stereocenters. The van der Waals surface area contributed by atoms with Crippen molar-refractivity contribution in [1.29, 1.82) is 0 Å². The summed E-state index contributed by atoms with van der Waals surface area (Å²) in [5.74, 6) is -0.250. The van der Waals surface area contributed by atoms with Gasteiger partial charge in [0.15, 0.2) is 9.49 Å². The van der Waals surface area contributed by atoms with Gasteiger partial charge in [0, 0.05) is 36.2 Å². The summed E-state index contributed by atoms with van der Waals surface area (Å²) in [6.45, 7) is 0.643. The van der Waals surface area contributed by atoms with Crippen LogP contribution in [0.1, 0.15) is 17.5 Å². The number of amides is 1. The molecule has 0 radical (unpaired) electrons. The van der Waals surface area contributed by atoms with Crippen LogP contribution >= 0.6 is 22.6 Å². The second-order valence-corrected chi connectivity index (χ2v) is 10.4. The Labute approximate surface area is 199 Å². The molecule has 1 amide bonds. The van der Waals surface area contributed by atoms with Gasteiger partial charge in [0.2, 0.25) is 5.91 Å². The molecule has 32 heavy (non-hydrogen) atoms. The minimum absolute atomic E-state index is 0.131. The van der Waals surface area contributed by atoms with Crippen LogP contribution in [0.4, 0.5) is 20.3 Å². The first-order valence-corrected chi connectivity index (χ1v) is 11.7. The van der Waals surface area contributed by atoms with Gasteiger partial charge >= 0.3 is 0 Å². The molecule has 1 saturated heterocycles. The zero-order chi connectivity index (χ0) is 22.3. The Kier molecular flexibility index (Phi) is 5.61. The third-order valence-corrected chi connectivity index (χ3v) is 7.11. The highest BCUT2D eigenvalue weighted by Gasteiger charge is 2.38. The van der Waals surface area contributed by atoms with Gasteiger partial charge < -0.3 is 10.2 Å². The number of rotatable bonds is 4. The van der Waals surface area contributed by atoms with Crippen LogP contribution in [0, 0.1) is 11.7 Å². The van der Waals surface area contributed by atoms with Gasteiger partial charge in [-0.15, -0.1) is 0 Å². The summed E-state index contributed by atoms with van der Waals surface area (Å²) < 4.78 is 27.9. The van der Waals surface area contributed by atoms with E-state index in [0.29, 0.717) is 48.4 Å². The summed E-state index contributed by atoms with van der Waals surface area (Å²) in [7, 11) is 0. The zero-order valence-electron chi connectivity index (χ0n) is 17.3. The average molecular weight is 545 g/mol. The summed E-state index contributed by atoms with van der Waals surface area (Å²) in [4.78, 5) is 19.6. The number of halogens is 3. The van der Waals surface area contributed by atoms with E-state index in [4.69, 9.17) is 0 Å². The molecule has 3 aromatic rings. The number of pyridine rings is 1. The molecule has 5 rings (SSSR count). The Bertz CT molecular complexity index is 1160. The van der Waals surface area contributed by atoms with Gasteiger partial charge in [-0.2, -0.15) is 0 Å². The van der Waals surface area contributed by atoms with Crippen molar-refractivity contribution in [2.24, 2.45) is 5.92 Å². The zero-order valence-corrected chi connectivity index (χ0v) is 19.5. The Balaban J connectivity index is 1.52. The van der Waals surface area contributed by atoms with Gasteiger partial charge in [-0.05, 0) is 58.7 Å². The molecular formula is C25H22F2IN3O. The summed E-state index contributed by atoms with van der Waals surface area (Å²) >= 11 is 1.82. The van der Waals surface area contributed by atoms with Crippen molar-refractivity contribution >= 4 is 40.0 Å². The number of carbonyl (C=O) groups is 1. The van der Waals surface area contributed by atoms with E-state index in [9.17, 15) is 13.6 Å². The van der Waals surface area contributed by atoms with Crippen LogP contribution < -0.4 is 10.2 Å². The molecule has 1 aliphatic carbocycles. The Morgan fingerprint density at radius 2 is 1.75 bits per heavy atom. The number of nitrogens with zero attached hydrogens (tertiary/aromatic N) is 2. The molecule has 1 aromatic heterocycles. The normalized spacial score (nSPS) is 20.4. The summed E-state index contributed by atoms with van der Waals surface area (Å²) in [6, 6.07) is 16.2. The first-order chi connectivity index (χ1) is 15.4. The van der Waals surface area contributed by atoms with E-state index in [1.165, 1.54) is 17.2 Å². The average Bonchev–Trinajstić information content (AvgIpc) is 3.37. The molecule has 0 bridgehead atoms. The number of nitrogens with one attached hydrogen (secondary N) is 1. The van der Waals surface area contributed by atoms with E-state index in [0.717, 1.165) is 0 Å². The topological polar surface area (TPSA) is 45.2 Å². The number of anilines is 2. The molecule has 7 heteroatoms. The standard InChI is InChI=1S/C25H22F2IN3O/c26-21-8-4-3-7-19(21)20-9-11-29-23(31-12-10-25(27,28)15-31)22(20)30-24(32)18-13-16-5-1-2-6-17(16)14-18/h1-9,11,18H,10,12-15H2,(H,30,32). The molecule has 2 aromatic carbocycles. The summed E-state index contributed by atoms with van der Waals surface area (Å²) in [5, 5.41) is 3.05. The highest BCUT2D eigenvalue weighted by atomic mass is 127. The fraction of sp³-hybridized carbons (Fsp3) is 0.280. The molecule has 1 N–H and O–H groups in total. The maximum absolute atomic E-state index is 14.7. The van der Waals surface area contributed by atoms with Crippen LogP contribution in [0.15, 0.2) is 60.8 Å². The van der Waals surface area contributed by atoms with Crippen molar-refractivity contribution in [3.05, 3.63) is 77.7 Å². The fourth-order valence-corrected chi connectivity index (χ4v) is 5.26. The fourth-order valence-electron chi connectivity index (χ4n) is 4.60. The molecule has 0 saturated carbocycles. The number of hydrogen-bond acceptors (Lipinski definition) is 3. The highest BCUT2D eigenvalue weighted by Crippen LogP contribution is 2.41. The van der Waals surface area contributed by atoms with Crippen LogP contribution in [0.25, 0.3) is 11.1 Å². The van der Waals surface area contributed by atoms with Gasteiger partial charge in [-0.25, -0.2) is 13.8 Å². The molecule has 2 aliphatic rings. The minimum atomic E-state index is -1.36. The minimum Gasteiger partial charge on any atom is -0.351 e. The van der Waals surface area contributed by atoms with Crippen LogP contribution in [-0.4, -0.2) is 27.7 Å². The lowest BCUT2D eigenvalue weighted by Crippen LogP contribution is -2.28. The van der Waals surface area contributed by atoms with E-state index in [2.05, 4.69) is 10.3 Å². The van der Waals surface area contributed by atoms with E-state index in [1.807, 2.05) is 51.8 Å². The van der Waals surface area contributed by atoms with Gasteiger partial charge in [-0.1, -0.05) is 42.5 Å². The number of aromatic nitrogens is 1. The Morgan fingerprint density at radius 1 is 1.06 bits per heavy atom. The molecule has 1 unspecified atom stereocenters. The van der Waals surface area contributed by atoms with Crippen molar-refractivity contribution in [3.63, 3.8) is 0 Å². The lowest BCUT2D eigenvalue weighted by atomic mass is 10.0. The maximum atomic E-state index is 14.7. The molecule has 2 heterocycles. The van der Waals surface area contributed by atoms with Gasteiger partial charge in [0.25, 0.3) is 0 Å². The van der Waals surface area contributed by atoms with Gasteiger partial charge in [-0.3, -0.25) is 4.79 Å². The summed E-state index contributed by atoms with van der Waals surface area (Å²) in [6.07, 6.45) is 3.28. The van der Waals surface area contributed by atoms with Crippen LogP contribution in [0.5, 0.6) is 0 Å². The predicted octanol–water partition coefficient (Wildman–Crippen LogP) is 5.55. The Morgan fingerprint density at radius 3 is 2.41 bits per heavy atom. The van der Waals surface area contributed by atoms with Gasteiger partial charge in [0.1, 0.15) is 5.82 Å².